The first kappa shape index (κ1) is 14.5. The fraction of sp³-hybridized carbons (Fsp3) is 0.357. The highest BCUT2D eigenvalue weighted by Gasteiger charge is 2.25. The molecule has 4 nitrogen and oxygen atoms in total. The zero-order valence-corrected chi connectivity index (χ0v) is 11.5. The minimum absolute atomic E-state index is 0.0212. The molecule has 1 unspecified atom stereocenters. The molecule has 6 heteroatoms. The van der Waals surface area contributed by atoms with E-state index in [9.17, 15) is 13.9 Å². The normalized spacial score (nSPS) is 12.8. The molecule has 0 bridgehead atoms. The van der Waals surface area contributed by atoms with E-state index in [-0.39, 0.29) is 11.6 Å². The van der Waals surface area contributed by atoms with E-state index in [1.807, 2.05) is 13.8 Å². The maximum Gasteiger partial charge on any atom is 0.163 e. The predicted octanol–water partition coefficient (Wildman–Crippen LogP) is 2.83. The summed E-state index contributed by atoms with van der Waals surface area (Å²) in [6, 6.07) is 3.02. The lowest BCUT2D eigenvalue weighted by molar-refractivity contribution is 0.194. The van der Waals surface area contributed by atoms with Gasteiger partial charge in [-0.15, -0.1) is 0 Å². The van der Waals surface area contributed by atoms with Gasteiger partial charge in [-0.05, 0) is 19.9 Å². The molecule has 0 saturated heterocycles. The van der Waals surface area contributed by atoms with Gasteiger partial charge in [0.15, 0.2) is 5.75 Å². The molecule has 0 amide bonds. The highest BCUT2D eigenvalue weighted by atomic mass is 19.1. The van der Waals surface area contributed by atoms with E-state index in [2.05, 4.69) is 5.10 Å². The molecule has 108 valence electrons. The molecule has 0 aliphatic carbocycles. The Morgan fingerprint density at radius 3 is 2.55 bits per heavy atom. The second-order valence-electron chi connectivity index (χ2n) is 4.70. The minimum Gasteiger partial charge on any atom is -0.493 e. The number of ether oxygens (including phenoxy) is 1. The Morgan fingerprint density at radius 2 is 2.00 bits per heavy atom. The molecule has 1 atom stereocenters. The van der Waals surface area contributed by atoms with E-state index in [0.717, 1.165) is 12.1 Å². The topological polar surface area (TPSA) is 47.3 Å². The lowest BCUT2D eigenvalue weighted by Gasteiger charge is -2.18. The molecule has 0 spiro atoms. The molecule has 1 N–H and O–H groups in total. The number of nitrogens with zero attached hydrogens (tertiary/aromatic N) is 2. The fourth-order valence-corrected chi connectivity index (χ4v) is 2.06. The van der Waals surface area contributed by atoms with Crippen molar-refractivity contribution in [3.63, 3.8) is 0 Å². The van der Waals surface area contributed by atoms with Crippen LogP contribution in [0.25, 0.3) is 0 Å². The summed E-state index contributed by atoms with van der Waals surface area (Å²) in [4.78, 5) is 0. The van der Waals surface area contributed by atoms with Crippen molar-refractivity contribution >= 4 is 0 Å². The molecule has 0 aliphatic heterocycles. The highest BCUT2D eigenvalue weighted by molar-refractivity contribution is 5.35. The number of methoxy groups -OCH3 is 1. The number of rotatable bonds is 4. The summed E-state index contributed by atoms with van der Waals surface area (Å²) in [5.41, 5.74) is 0.320. The van der Waals surface area contributed by atoms with Crippen molar-refractivity contribution in [1.82, 2.24) is 9.78 Å². The Labute approximate surface area is 115 Å². The highest BCUT2D eigenvalue weighted by Crippen LogP contribution is 2.32. The fourth-order valence-electron chi connectivity index (χ4n) is 2.06. The van der Waals surface area contributed by atoms with Gasteiger partial charge < -0.3 is 9.84 Å². The number of aliphatic hydroxyl groups is 1. The largest absolute Gasteiger partial charge is 0.493 e. The first-order valence-corrected chi connectivity index (χ1v) is 6.20. The van der Waals surface area contributed by atoms with Gasteiger partial charge in [-0.25, -0.2) is 8.78 Å². The molecule has 0 radical (unpaired) electrons. The quantitative estimate of drug-likeness (QED) is 0.938. The number of hydrogen-bond acceptors (Lipinski definition) is 3. The molecule has 1 aromatic heterocycles. The minimum atomic E-state index is -1.28. The van der Waals surface area contributed by atoms with Crippen LogP contribution < -0.4 is 4.74 Å². The lowest BCUT2D eigenvalue weighted by Crippen LogP contribution is -2.14. The van der Waals surface area contributed by atoms with Gasteiger partial charge in [-0.1, -0.05) is 6.07 Å². The van der Waals surface area contributed by atoms with Gasteiger partial charge >= 0.3 is 0 Å². The monoisotopic (exact) mass is 282 g/mol. The Hall–Kier alpha value is -1.95. The van der Waals surface area contributed by atoms with Crippen molar-refractivity contribution in [3.8, 4) is 5.75 Å². The number of hydrogen-bond donors (Lipinski definition) is 1. The third kappa shape index (κ3) is 2.51. The summed E-state index contributed by atoms with van der Waals surface area (Å²) >= 11 is 0. The Balaban J connectivity index is 2.52. The van der Waals surface area contributed by atoms with Crippen molar-refractivity contribution in [2.75, 3.05) is 7.11 Å². The van der Waals surface area contributed by atoms with Gasteiger partial charge in [-0.3, -0.25) is 4.68 Å². The van der Waals surface area contributed by atoms with E-state index in [1.54, 1.807) is 4.68 Å². The van der Waals surface area contributed by atoms with Crippen LogP contribution in [0.3, 0.4) is 0 Å². The van der Waals surface area contributed by atoms with Crippen LogP contribution in [0.2, 0.25) is 0 Å². The summed E-state index contributed by atoms with van der Waals surface area (Å²) < 4.78 is 33.4. The molecule has 1 heterocycles. The Morgan fingerprint density at radius 1 is 1.30 bits per heavy atom. The zero-order valence-electron chi connectivity index (χ0n) is 11.5. The van der Waals surface area contributed by atoms with Crippen LogP contribution in [0.5, 0.6) is 5.75 Å². The molecule has 0 fully saturated rings. The standard InChI is InChI=1S/C14H16F2N2O2/c1-8(2)18-13(12(20-3)7-17-18)14(19)10-5-4-9(15)6-11(10)16/h4-8,14,19H,1-3H3. The van der Waals surface area contributed by atoms with Crippen LogP contribution in [0.1, 0.15) is 37.3 Å². The SMILES string of the molecule is COc1cnn(C(C)C)c1C(O)c1ccc(F)cc1F. The molecule has 2 rings (SSSR count). The molecule has 20 heavy (non-hydrogen) atoms. The van der Waals surface area contributed by atoms with Crippen molar-refractivity contribution < 1.29 is 18.6 Å². The first-order valence-electron chi connectivity index (χ1n) is 6.20. The number of benzene rings is 1. The summed E-state index contributed by atoms with van der Waals surface area (Å²) in [5, 5.41) is 14.5. The smallest absolute Gasteiger partial charge is 0.163 e. The second-order valence-corrected chi connectivity index (χ2v) is 4.70. The average molecular weight is 282 g/mol. The number of aromatic nitrogens is 2. The second kappa shape index (κ2) is 5.58. The van der Waals surface area contributed by atoms with Gasteiger partial charge in [0.2, 0.25) is 0 Å². The summed E-state index contributed by atoms with van der Waals surface area (Å²) in [6.07, 6.45) is 0.176. The van der Waals surface area contributed by atoms with Crippen LogP contribution in [0, 0.1) is 11.6 Å². The van der Waals surface area contributed by atoms with Gasteiger partial charge in [-0.2, -0.15) is 5.10 Å². The summed E-state index contributed by atoms with van der Waals surface area (Å²) in [7, 11) is 1.44. The average Bonchev–Trinajstić information content (AvgIpc) is 2.81. The first-order chi connectivity index (χ1) is 9.45. The molecule has 0 aliphatic rings. The van der Waals surface area contributed by atoms with Crippen molar-refractivity contribution in [1.29, 1.82) is 0 Å². The van der Waals surface area contributed by atoms with Gasteiger partial charge in [0.1, 0.15) is 23.4 Å². The lowest BCUT2D eigenvalue weighted by atomic mass is 10.0. The van der Waals surface area contributed by atoms with Gasteiger partial charge in [0.25, 0.3) is 0 Å². The van der Waals surface area contributed by atoms with Crippen LogP contribution >= 0.6 is 0 Å². The van der Waals surface area contributed by atoms with E-state index in [1.165, 1.54) is 19.4 Å². The van der Waals surface area contributed by atoms with Crippen molar-refractivity contribution in [2.45, 2.75) is 26.0 Å². The van der Waals surface area contributed by atoms with Crippen molar-refractivity contribution in [3.05, 3.63) is 47.3 Å². The molecule has 0 saturated carbocycles. The Kier molecular flexibility index (Phi) is 4.04. The Bertz CT molecular complexity index is 611. The molecule has 1 aromatic carbocycles. The number of aliphatic hydroxyl groups excluding tert-OH is 1. The number of halogens is 2. The van der Waals surface area contributed by atoms with Gasteiger partial charge in [0.05, 0.1) is 13.3 Å². The summed E-state index contributed by atoms with van der Waals surface area (Å²) in [6.45, 7) is 3.76. The third-order valence-corrected chi connectivity index (χ3v) is 3.02. The predicted molar refractivity (Wildman–Crippen MR) is 69.6 cm³/mol. The van der Waals surface area contributed by atoms with Crippen LogP contribution in [0.4, 0.5) is 8.78 Å². The maximum absolute atomic E-state index is 13.8. The van der Waals surface area contributed by atoms with Gasteiger partial charge in [0, 0.05) is 17.7 Å². The maximum atomic E-state index is 13.8. The molecular formula is C14H16F2N2O2. The third-order valence-electron chi connectivity index (χ3n) is 3.02. The van der Waals surface area contributed by atoms with Crippen molar-refractivity contribution in [2.24, 2.45) is 0 Å². The zero-order chi connectivity index (χ0) is 14.9. The summed E-state index contributed by atoms with van der Waals surface area (Å²) in [5.74, 6) is -1.14. The van der Waals surface area contributed by atoms with E-state index in [0.29, 0.717) is 11.4 Å². The molecule has 2 aromatic rings. The molecular weight excluding hydrogens is 266 g/mol. The van der Waals surface area contributed by atoms with Crippen LogP contribution in [-0.4, -0.2) is 22.0 Å². The van der Waals surface area contributed by atoms with E-state index in [4.69, 9.17) is 4.74 Å². The van der Waals surface area contributed by atoms with Crippen LogP contribution in [-0.2, 0) is 0 Å². The van der Waals surface area contributed by atoms with E-state index < -0.39 is 17.7 Å². The van der Waals surface area contributed by atoms with Crippen LogP contribution in [0.15, 0.2) is 24.4 Å². The van der Waals surface area contributed by atoms with E-state index >= 15 is 0 Å².